The van der Waals surface area contributed by atoms with Crippen LogP contribution in [-0.4, -0.2) is 41.9 Å². The fraction of sp³-hybridized carbons (Fsp3) is 0.208. The number of ether oxygens (including phenoxy) is 2. The molecule has 2 aromatic carbocycles. The first-order chi connectivity index (χ1) is 15.6. The molecular weight excluding hydrogens is 428 g/mol. The third kappa shape index (κ3) is 5.15. The van der Waals surface area contributed by atoms with Crippen LogP contribution in [0.5, 0.6) is 11.5 Å². The van der Waals surface area contributed by atoms with Crippen LogP contribution >= 0.6 is 11.3 Å². The number of thiophene rings is 1. The van der Waals surface area contributed by atoms with Crippen molar-refractivity contribution in [1.29, 1.82) is 0 Å². The van der Waals surface area contributed by atoms with Crippen molar-refractivity contribution in [2.24, 2.45) is 0 Å². The number of likely N-dealkylation sites (tertiary alicyclic amines) is 1. The van der Waals surface area contributed by atoms with Crippen LogP contribution < -0.4 is 10.1 Å². The minimum absolute atomic E-state index is 0.184. The van der Waals surface area contributed by atoms with Gasteiger partial charge in [0.05, 0.1) is 10.6 Å². The molecule has 1 atom stereocenters. The molecule has 7 nitrogen and oxygen atoms in total. The number of carbonyl (C=O) groups is 3. The number of amides is 2. The van der Waals surface area contributed by atoms with Crippen LogP contribution in [0.25, 0.3) is 0 Å². The van der Waals surface area contributed by atoms with E-state index in [0.29, 0.717) is 41.4 Å². The maximum Gasteiger partial charge on any atom is 0.329 e. The summed E-state index contributed by atoms with van der Waals surface area (Å²) < 4.78 is 11.1. The monoisotopic (exact) mass is 450 g/mol. The number of carbonyl (C=O) groups excluding carboxylic acids is 3. The molecule has 2 heterocycles. The highest BCUT2D eigenvalue weighted by molar-refractivity contribution is 7.12. The van der Waals surface area contributed by atoms with Gasteiger partial charge in [-0.1, -0.05) is 36.4 Å². The van der Waals surface area contributed by atoms with Crippen molar-refractivity contribution >= 4 is 34.8 Å². The van der Waals surface area contributed by atoms with E-state index >= 15 is 0 Å². The van der Waals surface area contributed by atoms with Crippen molar-refractivity contribution in [1.82, 2.24) is 4.90 Å². The van der Waals surface area contributed by atoms with Crippen LogP contribution in [0.15, 0.2) is 72.1 Å². The number of esters is 1. The summed E-state index contributed by atoms with van der Waals surface area (Å²) in [5.41, 5.74) is 0.466. The standard InChI is InChI=1S/C24H22N2O5S/c27-22(25-18-10-4-5-12-20(18)31-17-8-2-1-3-9-17)16-30-24(29)19-11-6-14-26(19)23(28)21-13-7-15-32-21/h1-5,7-10,12-13,15,19H,6,11,14,16H2,(H,25,27). The summed E-state index contributed by atoms with van der Waals surface area (Å²) in [5.74, 6) is -0.136. The third-order valence-electron chi connectivity index (χ3n) is 5.00. The maximum absolute atomic E-state index is 12.6. The minimum Gasteiger partial charge on any atom is -0.455 e. The Labute approximate surface area is 189 Å². The molecule has 164 valence electrons. The van der Waals surface area contributed by atoms with Crippen molar-refractivity contribution in [2.75, 3.05) is 18.5 Å². The van der Waals surface area contributed by atoms with Crippen molar-refractivity contribution in [3.63, 3.8) is 0 Å². The van der Waals surface area contributed by atoms with Crippen molar-refractivity contribution in [3.8, 4) is 11.5 Å². The molecule has 32 heavy (non-hydrogen) atoms. The molecule has 1 aliphatic heterocycles. The van der Waals surface area contributed by atoms with E-state index in [9.17, 15) is 14.4 Å². The molecule has 1 aliphatic rings. The topological polar surface area (TPSA) is 84.9 Å². The first-order valence-corrected chi connectivity index (χ1v) is 11.1. The first-order valence-electron chi connectivity index (χ1n) is 10.2. The molecule has 0 spiro atoms. The number of hydrogen-bond donors (Lipinski definition) is 1. The van der Waals surface area contributed by atoms with Gasteiger partial charge in [-0.3, -0.25) is 9.59 Å². The summed E-state index contributed by atoms with van der Waals surface area (Å²) in [5, 5.41) is 4.53. The molecule has 4 rings (SSSR count). The molecule has 1 fully saturated rings. The highest BCUT2D eigenvalue weighted by Gasteiger charge is 2.36. The molecule has 1 aromatic heterocycles. The van der Waals surface area contributed by atoms with Gasteiger partial charge >= 0.3 is 5.97 Å². The molecule has 0 radical (unpaired) electrons. The molecule has 2 amide bonds. The van der Waals surface area contributed by atoms with E-state index < -0.39 is 24.5 Å². The van der Waals surface area contributed by atoms with Gasteiger partial charge in [0.25, 0.3) is 11.8 Å². The number of benzene rings is 2. The molecule has 1 saturated heterocycles. The molecule has 0 saturated carbocycles. The number of rotatable bonds is 7. The molecule has 3 aromatic rings. The average Bonchev–Trinajstić information content (AvgIpc) is 3.52. The molecular formula is C24H22N2O5S. The van der Waals surface area contributed by atoms with E-state index in [-0.39, 0.29) is 5.91 Å². The predicted octanol–water partition coefficient (Wildman–Crippen LogP) is 4.33. The number of nitrogens with zero attached hydrogens (tertiary/aromatic N) is 1. The number of hydrogen-bond acceptors (Lipinski definition) is 6. The lowest BCUT2D eigenvalue weighted by molar-refractivity contribution is -0.151. The Bertz CT molecular complexity index is 1080. The van der Waals surface area contributed by atoms with Crippen LogP contribution in [0.1, 0.15) is 22.5 Å². The van der Waals surface area contributed by atoms with Gasteiger partial charge in [0.15, 0.2) is 12.4 Å². The van der Waals surface area contributed by atoms with Gasteiger partial charge in [-0.2, -0.15) is 0 Å². The Morgan fingerprint density at radius 1 is 1.00 bits per heavy atom. The zero-order valence-electron chi connectivity index (χ0n) is 17.2. The Morgan fingerprint density at radius 2 is 1.78 bits per heavy atom. The second kappa shape index (κ2) is 10.1. The number of nitrogens with one attached hydrogen (secondary N) is 1. The van der Waals surface area contributed by atoms with Gasteiger partial charge in [0.2, 0.25) is 0 Å². The van der Waals surface area contributed by atoms with E-state index in [1.807, 2.05) is 35.7 Å². The summed E-state index contributed by atoms with van der Waals surface area (Å²) in [4.78, 5) is 39.7. The summed E-state index contributed by atoms with van der Waals surface area (Å²) in [6.45, 7) is 0.0446. The largest absolute Gasteiger partial charge is 0.455 e. The van der Waals surface area contributed by atoms with Crippen LogP contribution in [0, 0.1) is 0 Å². The Hall–Kier alpha value is -3.65. The highest BCUT2D eigenvalue weighted by Crippen LogP contribution is 2.29. The molecule has 0 aliphatic carbocycles. The van der Waals surface area contributed by atoms with Gasteiger partial charge in [-0.05, 0) is 48.6 Å². The predicted molar refractivity (Wildman–Crippen MR) is 121 cm³/mol. The van der Waals surface area contributed by atoms with E-state index in [0.717, 1.165) is 0 Å². The Balaban J connectivity index is 1.33. The van der Waals surface area contributed by atoms with Gasteiger partial charge in [-0.15, -0.1) is 11.3 Å². The Kier molecular flexibility index (Phi) is 6.81. The summed E-state index contributed by atoms with van der Waals surface area (Å²) in [6, 6.07) is 19.1. The van der Waals surface area contributed by atoms with Crippen LogP contribution in [0.4, 0.5) is 5.69 Å². The van der Waals surface area contributed by atoms with E-state index in [2.05, 4.69) is 5.32 Å². The average molecular weight is 451 g/mol. The fourth-order valence-corrected chi connectivity index (χ4v) is 4.17. The lowest BCUT2D eigenvalue weighted by atomic mass is 10.2. The first kappa shape index (κ1) is 21.6. The highest BCUT2D eigenvalue weighted by atomic mass is 32.1. The molecule has 0 bridgehead atoms. The lowest BCUT2D eigenvalue weighted by Crippen LogP contribution is -2.41. The van der Waals surface area contributed by atoms with Gasteiger partial charge in [-0.25, -0.2) is 4.79 Å². The second-order valence-corrected chi connectivity index (χ2v) is 8.15. The lowest BCUT2D eigenvalue weighted by Gasteiger charge is -2.22. The number of anilines is 1. The summed E-state index contributed by atoms with van der Waals surface area (Å²) >= 11 is 1.33. The summed E-state index contributed by atoms with van der Waals surface area (Å²) in [7, 11) is 0. The van der Waals surface area contributed by atoms with Crippen molar-refractivity contribution in [3.05, 3.63) is 77.0 Å². The van der Waals surface area contributed by atoms with Crippen molar-refractivity contribution in [2.45, 2.75) is 18.9 Å². The van der Waals surface area contributed by atoms with E-state index in [1.54, 1.807) is 36.4 Å². The zero-order chi connectivity index (χ0) is 22.3. The smallest absolute Gasteiger partial charge is 0.329 e. The van der Waals surface area contributed by atoms with Crippen molar-refractivity contribution < 1.29 is 23.9 Å². The Morgan fingerprint density at radius 3 is 2.56 bits per heavy atom. The SMILES string of the molecule is O=C(COC(=O)C1CCCN1C(=O)c1cccs1)Nc1ccccc1Oc1ccccc1. The van der Waals surface area contributed by atoms with Crippen LogP contribution in [-0.2, 0) is 14.3 Å². The fourth-order valence-electron chi connectivity index (χ4n) is 3.49. The zero-order valence-corrected chi connectivity index (χ0v) is 18.0. The molecule has 1 N–H and O–H groups in total. The van der Waals surface area contributed by atoms with Gasteiger partial charge in [0.1, 0.15) is 11.8 Å². The third-order valence-corrected chi connectivity index (χ3v) is 5.85. The van der Waals surface area contributed by atoms with Gasteiger partial charge in [0, 0.05) is 6.54 Å². The minimum atomic E-state index is -0.675. The van der Waals surface area contributed by atoms with Crippen LogP contribution in [0.2, 0.25) is 0 Å². The maximum atomic E-state index is 12.6. The molecule has 8 heteroatoms. The number of para-hydroxylation sites is 3. The quantitative estimate of drug-likeness (QED) is 0.542. The van der Waals surface area contributed by atoms with E-state index in [4.69, 9.17) is 9.47 Å². The van der Waals surface area contributed by atoms with Crippen LogP contribution in [0.3, 0.4) is 0 Å². The summed E-state index contributed by atoms with van der Waals surface area (Å²) in [6.07, 6.45) is 1.23. The second-order valence-electron chi connectivity index (χ2n) is 7.20. The van der Waals surface area contributed by atoms with Gasteiger partial charge < -0.3 is 19.7 Å². The van der Waals surface area contributed by atoms with E-state index in [1.165, 1.54) is 16.2 Å². The normalized spacial score (nSPS) is 15.2. The molecule has 1 unspecified atom stereocenters.